The standard InChI is InChI=1S/C16H25N3O/c1-17(2)15-8-6-5-7-14(15)16(20)19(4)13-9-11-18(3)12-10-13/h5-8,13H,9-12H2,1-4H3. The Hall–Kier alpha value is -1.55. The third-order valence-electron chi connectivity index (χ3n) is 4.17. The van der Waals surface area contributed by atoms with Gasteiger partial charge in [-0.05, 0) is 45.1 Å². The quantitative estimate of drug-likeness (QED) is 0.843. The van der Waals surface area contributed by atoms with Crippen LogP contribution in [0.3, 0.4) is 0 Å². The Labute approximate surface area is 122 Å². The van der Waals surface area contributed by atoms with Gasteiger partial charge in [0.15, 0.2) is 0 Å². The van der Waals surface area contributed by atoms with E-state index in [2.05, 4.69) is 11.9 Å². The molecule has 4 heteroatoms. The molecular weight excluding hydrogens is 250 g/mol. The van der Waals surface area contributed by atoms with Gasteiger partial charge in [0.1, 0.15) is 0 Å². The summed E-state index contributed by atoms with van der Waals surface area (Å²) in [6.07, 6.45) is 2.12. The number of benzene rings is 1. The number of hydrogen-bond acceptors (Lipinski definition) is 3. The Balaban J connectivity index is 2.15. The number of anilines is 1. The number of carbonyl (C=O) groups excluding carboxylic acids is 1. The van der Waals surface area contributed by atoms with E-state index in [1.165, 1.54) is 0 Å². The van der Waals surface area contributed by atoms with Crippen LogP contribution in [0.4, 0.5) is 5.69 Å². The van der Waals surface area contributed by atoms with E-state index in [1.807, 2.05) is 55.2 Å². The normalized spacial score (nSPS) is 17.0. The van der Waals surface area contributed by atoms with E-state index in [4.69, 9.17) is 0 Å². The highest BCUT2D eigenvalue weighted by Crippen LogP contribution is 2.22. The first-order chi connectivity index (χ1) is 9.50. The van der Waals surface area contributed by atoms with Crippen molar-refractivity contribution < 1.29 is 4.79 Å². The van der Waals surface area contributed by atoms with Crippen molar-refractivity contribution in [1.82, 2.24) is 9.80 Å². The molecule has 0 unspecified atom stereocenters. The fraction of sp³-hybridized carbons (Fsp3) is 0.562. The third-order valence-corrected chi connectivity index (χ3v) is 4.17. The van der Waals surface area contributed by atoms with Crippen molar-refractivity contribution in [2.24, 2.45) is 0 Å². The van der Waals surface area contributed by atoms with E-state index < -0.39 is 0 Å². The summed E-state index contributed by atoms with van der Waals surface area (Å²) >= 11 is 0. The Morgan fingerprint density at radius 2 is 1.75 bits per heavy atom. The van der Waals surface area contributed by atoms with Crippen LogP contribution in [-0.2, 0) is 0 Å². The Bertz CT molecular complexity index is 465. The zero-order valence-electron chi connectivity index (χ0n) is 13.0. The molecule has 4 nitrogen and oxygen atoms in total. The fourth-order valence-electron chi connectivity index (χ4n) is 2.78. The predicted octanol–water partition coefficient (Wildman–Crippen LogP) is 1.92. The molecule has 1 amide bonds. The summed E-state index contributed by atoms with van der Waals surface area (Å²) in [6.45, 7) is 2.13. The monoisotopic (exact) mass is 275 g/mol. The molecule has 20 heavy (non-hydrogen) atoms. The van der Waals surface area contributed by atoms with Crippen molar-refractivity contribution >= 4 is 11.6 Å². The van der Waals surface area contributed by atoms with Crippen molar-refractivity contribution in [2.75, 3.05) is 46.2 Å². The molecule has 1 aliphatic heterocycles. The molecule has 0 radical (unpaired) electrons. The van der Waals surface area contributed by atoms with Crippen LogP contribution in [0.15, 0.2) is 24.3 Å². The number of carbonyl (C=O) groups is 1. The van der Waals surface area contributed by atoms with Crippen molar-refractivity contribution in [3.8, 4) is 0 Å². The molecule has 1 aliphatic rings. The maximum absolute atomic E-state index is 12.7. The van der Waals surface area contributed by atoms with E-state index >= 15 is 0 Å². The predicted molar refractivity (Wildman–Crippen MR) is 83.4 cm³/mol. The Morgan fingerprint density at radius 1 is 1.15 bits per heavy atom. The second-order valence-corrected chi connectivity index (χ2v) is 5.86. The second-order valence-electron chi connectivity index (χ2n) is 5.86. The summed E-state index contributed by atoms with van der Waals surface area (Å²) in [5, 5.41) is 0. The molecule has 1 saturated heterocycles. The molecule has 0 aromatic heterocycles. The molecule has 0 spiro atoms. The van der Waals surface area contributed by atoms with Gasteiger partial charge in [-0.3, -0.25) is 4.79 Å². The summed E-state index contributed by atoms with van der Waals surface area (Å²) in [5.41, 5.74) is 1.77. The summed E-state index contributed by atoms with van der Waals surface area (Å²) in [5.74, 6) is 0.129. The summed E-state index contributed by atoms with van der Waals surface area (Å²) < 4.78 is 0. The molecule has 1 aromatic carbocycles. The van der Waals surface area contributed by atoms with Crippen LogP contribution in [0.5, 0.6) is 0 Å². The highest BCUT2D eigenvalue weighted by atomic mass is 16.2. The number of amides is 1. The lowest BCUT2D eigenvalue weighted by Gasteiger charge is -2.35. The van der Waals surface area contributed by atoms with Crippen molar-refractivity contribution in [3.05, 3.63) is 29.8 Å². The average molecular weight is 275 g/mol. The third kappa shape index (κ3) is 3.12. The van der Waals surface area contributed by atoms with Crippen LogP contribution >= 0.6 is 0 Å². The van der Waals surface area contributed by atoms with E-state index in [1.54, 1.807) is 0 Å². The first-order valence-corrected chi connectivity index (χ1v) is 7.22. The van der Waals surface area contributed by atoms with E-state index in [0.29, 0.717) is 6.04 Å². The molecule has 2 rings (SSSR count). The molecular formula is C16H25N3O. The number of piperidine rings is 1. The molecule has 0 bridgehead atoms. The van der Waals surface area contributed by atoms with Gasteiger partial charge in [0.05, 0.1) is 5.56 Å². The zero-order chi connectivity index (χ0) is 14.7. The van der Waals surface area contributed by atoms with Gasteiger partial charge in [0.2, 0.25) is 0 Å². The van der Waals surface area contributed by atoms with Gasteiger partial charge in [-0.15, -0.1) is 0 Å². The minimum atomic E-state index is 0.129. The minimum Gasteiger partial charge on any atom is -0.377 e. The van der Waals surface area contributed by atoms with Crippen molar-refractivity contribution in [1.29, 1.82) is 0 Å². The van der Waals surface area contributed by atoms with Gasteiger partial charge in [-0.25, -0.2) is 0 Å². The fourth-order valence-corrected chi connectivity index (χ4v) is 2.78. The van der Waals surface area contributed by atoms with E-state index in [-0.39, 0.29) is 5.91 Å². The Morgan fingerprint density at radius 3 is 2.35 bits per heavy atom. The maximum atomic E-state index is 12.7. The number of likely N-dealkylation sites (tertiary alicyclic amines) is 1. The molecule has 0 atom stereocenters. The summed E-state index contributed by atoms with van der Waals surface area (Å²) in [6, 6.07) is 8.18. The van der Waals surface area contributed by atoms with Gasteiger partial charge < -0.3 is 14.7 Å². The number of hydrogen-bond donors (Lipinski definition) is 0. The van der Waals surface area contributed by atoms with Gasteiger partial charge in [-0.2, -0.15) is 0 Å². The first kappa shape index (κ1) is 14.9. The van der Waals surface area contributed by atoms with Gasteiger partial charge in [0.25, 0.3) is 5.91 Å². The van der Waals surface area contributed by atoms with E-state index in [9.17, 15) is 4.79 Å². The van der Waals surface area contributed by atoms with E-state index in [0.717, 1.165) is 37.2 Å². The van der Waals surface area contributed by atoms with Gasteiger partial charge in [0, 0.05) is 32.9 Å². The van der Waals surface area contributed by atoms with Crippen LogP contribution in [0.25, 0.3) is 0 Å². The average Bonchev–Trinajstić information content (AvgIpc) is 2.46. The molecule has 0 saturated carbocycles. The van der Waals surface area contributed by atoms with Gasteiger partial charge >= 0.3 is 0 Å². The lowest BCUT2D eigenvalue weighted by molar-refractivity contribution is 0.0660. The minimum absolute atomic E-state index is 0.129. The lowest BCUT2D eigenvalue weighted by atomic mass is 10.0. The molecule has 0 N–H and O–H groups in total. The van der Waals surface area contributed by atoms with Crippen LogP contribution in [0, 0.1) is 0 Å². The second kappa shape index (κ2) is 6.27. The van der Waals surface area contributed by atoms with Crippen LogP contribution in [0.2, 0.25) is 0 Å². The summed E-state index contributed by atoms with van der Waals surface area (Å²) in [4.78, 5) is 19.0. The number of rotatable bonds is 3. The highest BCUT2D eigenvalue weighted by Gasteiger charge is 2.26. The SMILES string of the molecule is CN1CCC(N(C)C(=O)c2ccccc2N(C)C)CC1. The first-order valence-electron chi connectivity index (χ1n) is 7.22. The molecule has 1 heterocycles. The van der Waals surface area contributed by atoms with Crippen LogP contribution < -0.4 is 4.90 Å². The number of nitrogens with zero attached hydrogens (tertiary/aromatic N) is 3. The topological polar surface area (TPSA) is 26.8 Å². The van der Waals surface area contributed by atoms with Gasteiger partial charge in [-0.1, -0.05) is 12.1 Å². The highest BCUT2D eigenvalue weighted by molar-refractivity contribution is 5.99. The molecule has 1 aromatic rings. The molecule has 1 fully saturated rings. The summed E-state index contributed by atoms with van der Waals surface area (Å²) in [7, 11) is 8.02. The van der Waals surface area contributed by atoms with Crippen LogP contribution in [-0.4, -0.2) is 63.0 Å². The Kier molecular flexibility index (Phi) is 4.65. The largest absolute Gasteiger partial charge is 0.377 e. The lowest BCUT2D eigenvalue weighted by Crippen LogP contribution is -2.44. The number of para-hydroxylation sites is 1. The molecule has 0 aliphatic carbocycles. The maximum Gasteiger partial charge on any atom is 0.255 e. The van der Waals surface area contributed by atoms with Crippen molar-refractivity contribution in [2.45, 2.75) is 18.9 Å². The van der Waals surface area contributed by atoms with Crippen molar-refractivity contribution in [3.63, 3.8) is 0 Å². The molecule has 110 valence electrons. The van der Waals surface area contributed by atoms with Crippen LogP contribution in [0.1, 0.15) is 23.2 Å². The smallest absolute Gasteiger partial charge is 0.255 e. The zero-order valence-corrected chi connectivity index (χ0v) is 13.0.